The second-order valence-corrected chi connectivity index (χ2v) is 2.26. The van der Waals surface area contributed by atoms with Crippen LogP contribution in [-0.4, -0.2) is 22.7 Å². The van der Waals surface area contributed by atoms with Gasteiger partial charge in [-0.1, -0.05) is 6.07 Å². The Bertz CT molecular complexity index is 285. The summed E-state index contributed by atoms with van der Waals surface area (Å²) in [6.07, 6.45) is 0. The van der Waals surface area contributed by atoms with Gasteiger partial charge in [-0.15, -0.1) is 0 Å². The predicted octanol–water partition coefficient (Wildman–Crippen LogP) is 0.323. The minimum absolute atomic E-state index is 0.0748. The highest BCUT2D eigenvalue weighted by Gasteiger charge is 1.99. The Balaban J connectivity index is 2.69. The van der Waals surface area contributed by atoms with Crippen LogP contribution in [0.5, 0.6) is 5.75 Å². The number of benzene rings is 1. The fraction of sp³-hybridized carbons (Fsp3) is 0.125. The summed E-state index contributed by atoms with van der Waals surface area (Å²) in [6.45, 7) is -0.560. The Labute approximate surface area is 69.5 Å². The summed E-state index contributed by atoms with van der Waals surface area (Å²) in [7, 11) is 0. The molecule has 1 rings (SSSR count). The van der Waals surface area contributed by atoms with Gasteiger partial charge in [0, 0.05) is 11.8 Å². The van der Waals surface area contributed by atoms with Crippen molar-refractivity contribution in [3.8, 4) is 5.75 Å². The minimum atomic E-state index is -0.560. The van der Waals surface area contributed by atoms with Gasteiger partial charge in [-0.05, 0) is 12.1 Å². The third-order valence-electron chi connectivity index (χ3n) is 1.27. The normalized spacial score (nSPS) is 9.42. The van der Waals surface area contributed by atoms with E-state index >= 15 is 0 Å². The Morgan fingerprint density at radius 3 is 2.83 bits per heavy atom. The third-order valence-corrected chi connectivity index (χ3v) is 1.27. The summed E-state index contributed by atoms with van der Waals surface area (Å²) in [5, 5.41) is 19.8. The molecule has 0 heterocycles. The van der Waals surface area contributed by atoms with Crippen molar-refractivity contribution >= 4 is 11.6 Å². The minimum Gasteiger partial charge on any atom is -0.508 e. The topological polar surface area (TPSA) is 69.6 Å². The first-order chi connectivity index (χ1) is 5.72. The third kappa shape index (κ3) is 2.25. The number of carbonyl (C=O) groups is 1. The van der Waals surface area contributed by atoms with Crippen molar-refractivity contribution < 1.29 is 15.0 Å². The van der Waals surface area contributed by atoms with Gasteiger partial charge in [0.1, 0.15) is 12.4 Å². The first-order valence-corrected chi connectivity index (χ1v) is 3.42. The molecule has 1 aromatic rings. The van der Waals surface area contributed by atoms with Crippen LogP contribution in [0.2, 0.25) is 0 Å². The molecule has 0 aliphatic heterocycles. The number of hydrogen-bond donors (Lipinski definition) is 3. The molecule has 12 heavy (non-hydrogen) atoms. The lowest BCUT2D eigenvalue weighted by Crippen LogP contribution is -2.15. The Morgan fingerprint density at radius 1 is 1.50 bits per heavy atom. The number of anilines is 1. The molecule has 64 valence electrons. The van der Waals surface area contributed by atoms with Crippen LogP contribution in [0.1, 0.15) is 0 Å². The van der Waals surface area contributed by atoms with E-state index in [9.17, 15) is 4.79 Å². The van der Waals surface area contributed by atoms with E-state index < -0.39 is 12.5 Å². The van der Waals surface area contributed by atoms with E-state index in [4.69, 9.17) is 10.2 Å². The number of rotatable bonds is 2. The number of carbonyl (C=O) groups excluding carboxylic acids is 1. The highest BCUT2D eigenvalue weighted by atomic mass is 16.3. The first kappa shape index (κ1) is 8.55. The lowest BCUT2D eigenvalue weighted by atomic mass is 10.3. The molecule has 0 aliphatic rings. The maximum Gasteiger partial charge on any atom is 0.250 e. The maximum atomic E-state index is 10.6. The van der Waals surface area contributed by atoms with Crippen LogP contribution in [0.15, 0.2) is 24.3 Å². The van der Waals surface area contributed by atoms with Crippen LogP contribution in [-0.2, 0) is 4.79 Å². The fourth-order valence-corrected chi connectivity index (χ4v) is 0.784. The number of aliphatic hydroxyl groups excluding tert-OH is 1. The van der Waals surface area contributed by atoms with E-state index in [0.29, 0.717) is 5.69 Å². The molecular weight excluding hydrogens is 158 g/mol. The standard InChI is InChI=1S/C8H9NO3/c10-5-8(12)9-6-2-1-3-7(11)4-6/h1-4,10-11H,5H2,(H,9,12). The van der Waals surface area contributed by atoms with Gasteiger partial charge < -0.3 is 15.5 Å². The van der Waals surface area contributed by atoms with Crippen LogP contribution >= 0.6 is 0 Å². The zero-order chi connectivity index (χ0) is 8.97. The molecule has 0 spiro atoms. The predicted molar refractivity (Wildman–Crippen MR) is 43.8 cm³/mol. The molecule has 0 atom stereocenters. The molecule has 0 radical (unpaired) electrons. The van der Waals surface area contributed by atoms with Gasteiger partial charge in [0.05, 0.1) is 0 Å². The van der Waals surface area contributed by atoms with Gasteiger partial charge in [-0.3, -0.25) is 4.79 Å². The largest absolute Gasteiger partial charge is 0.508 e. The second kappa shape index (κ2) is 3.73. The molecule has 0 aromatic heterocycles. The molecule has 1 amide bonds. The van der Waals surface area contributed by atoms with E-state index in [0.717, 1.165) is 0 Å². The SMILES string of the molecule is O=C(CO)Nc1cccc(O)c1. The Hall–Kier alpha value is -1.55. The van der Waals surface area contributed by atoms with Crippen molar-refractivity contribution in [2.45, 2.75) is 0 Å². The molecule has 0 bridgehead atoms. The van der Waals surface area contributed by atoms with Crippen molar-refractivity contribution in [2.75, 3.05) is 11.9 Å². The van der Waals surface area contributed by atoms with Gasteiger partial charge in [-0.2, -0.15) is 0 Å². The van der Waals surface area contributed by atoms with Gasteiger partial charge in [0.15, 0.2) is 0 Å². The highest BCUT2D eigenvalue weighted by Crippen LogP contribution is 2.14. The van der Waals surface area contributed by atoms with Crippen LogP contribution in [0, 0.1) is 0 Å². The number of nitrogens with one attached hydrogen (secondary N) is 1. The fourth-order valence-electron chi connectivity index (χ4n) is 0.784. The summed E-state index contributed by atoms with van der Waals surface area (Å²) in [4.78, 5) is 10.6. The molecule has 0 saturated heterocycles. The Kier molecular flexibility index (Phi) is 2.66. The van der Waals surface area contributed by atoms with E-state index in [2.05, 4.69) is 5.32 Å². The quantitative estimate of drug-likeness (QED) is 0.594. The summed E-state index contributed by atoms with van der Waals surface area (Å²) < 4.78 is 0. The van der Waals surface area contributed by atoms with Crippen molar-refractivity contribution in [1.82, 2.24) is 0 Å². The first-order valence-electron chi connectivity index (χ1n) is 3.42. The molecular formula is C8H9NO3. The smallest absolute Gasteiger partial charge is 0.250 e. The van der Waals surface area contributed by atoms with Crippen LogP contribution in [0.4, 0.5) is 5.69 Å². The van der Waals surface area contributed by atoms with E-state index in [1.807, 2.05) is 0 Å². The second-order valence-electron chi connectivity index (χ2n) is 2.26. The van der Waals surface area contributed by atoms with Gasteiger partial charge in [0.2, 0.25) is 5.91 Å². The monoisotopic (exact) mass is 167 g/mol. The molecule has 1 aromatic carbocycles. The molecule has 4 heteroatoms. The molecule has 0 saturated carbocycles. The molecule has 4 nitrogen and oxygen atoms in total. The lowest BCUT2D eigenvalue weighted by molar-refractivity contribution is -0.118. The highest BCUT2D eigenvalue weighted by molar-refractivity contribution is 5.91. The number of hydrogen-bond acceptors (Lipinski definition) is 3. The number of phenols is 1. The summed E-state index contributed by atoms with van der Waals surface area (Å²) >= 11 is 0. The van der Waals surface area contributed by atoms with Crippen molar-refractivity contribution in [2.24, 2.45) is 0 Å². The van der Waals surface area contributed by atoms with Crippen molar-refractivity contribution in [3.05, 3.63) is 24.3 Å². The average molecular weight is 167 g/mol. The van der Waals surface area contributed by atoms with Gasteiger partial charge in [0.25, 0.3) is 0 Å². The average Bonchev–Trinajstić information content (AvgIpc) is 2.04. The molecule has 3 N–H and O–H groups in total. The van der Waals surface area contributed by atoms with Crippen LogP contribution in [0.25, 0.3) is 0 Å². The number of aliphatic hydroxyl groups is 1. The molecule has 0 unspecified atom stereocenters. The van der Waals surface area contributed by atoms with E-state index in [1.165, 1.54) is 12.1 Å². The van der Waals surface area contributed by atoms with Crippen molar-refractivity contribution in [3.63, 3.8) is 0 Å². The van der Waals surface area contributed by atoms with E-state index in [1.54, 1.807) is 12.1 Å². The van der Waals surface area contributed by atoms with Crippen LogP contribution in [0.3, 0.4) is 0 Å². The van der Waals surface area contributed by atoms with Gasteiger partial charge >= 0.3 is 0 Å². The summed E-state index contributed by atoms with van der Waals surface area (Å²) in [6, 6.07) is 6.11. The molecule has 0 aliphatic carbocycles. The summed E-state index contributed by atoms with van der Waals surface area (Å²) in [5.74, 6) is -0.425. The van der Waals surface area contributed by atoms with Gasteiger partial charge in [-0.25, -0.2) is 0 Å². The number of phenolic OH excluding ortho intramolecular Hbond substituents is 1. The molecule has 0 fully saturated rings. The van der Waals surface area contributed by atoms with E-state index in [-0.39, 0.29) is 5.75 Å². The lowest BCUT2D eigenvalue weighted by Gasteiger charge is -2.02. The maximum absolute atomic E-state index is 10.6. The number of amides is 1. The van der Waals surface area contributed by atoms with Crippen LogP contribution < -0.4 is 5.32 Å². The zero-order valence-electron chi connectivity index (χ0n) is 6.32. The van der Waals surface area contributed by atoms with Crippen molar-refractivity contribution in [1.29, 1.82) is 0 Å². The zero-order valence-corrected chi connectivity index (χ0v) is 6.32. The Morgan fingerprint density at radius 2 is 2.25 bits per heavy atom. The number of aromatic hydroxyl groups is 1. The summed E-state index contributed by atoms with van der Waals surface area (Å²) in [5.41, 5.74) is 0.467.